The molecule has 2 atom stereocenters. The fourth-order valence-corrected chi connectivity index (χ4v) is 5.10. The molecule has 32 heavy (non-hydrogen) atoms. The van der Waals surface area contributed by atoms with Crippen molar-refractivity contribution in [3.8, 4) is 28.7 Å². The minimum Gasteiger partial charge on any atom is -0.491 e. The Kier molecular flexibility index (Phi) is 3.51. The number of amides is 1. The first-order valence-electron chi connectivity index (χ1n) is 10.6. The van der Waals surface area contributed by atoms with Crippen LogP contribution in [0.4, 0.5) is 5.69 Å². The number of ether oxygens (including phenoxy) is 5. The molecule has 0 aliphatic carbocycles. The summed E-state index contributed by atoms with van der Waals surface area (Å²) >= 11 is 0. The molecule has 0 saturated carbocycles. The van der Waals surface area contributed by atoms with Crippen LogP contribution in [0.3, 0.4) is 0 Å². The summed E-state index contributed by atoms with van der Waals surface area (Å²) in [5, 5.41) is 0. The zero-order valence-electron chi connectivity index (χ0n) is 17.1. The number of rotatable bonds is 2. The molecule has 0 saturated heterocycles. The molecule has 7 rings (SSSR count). The molecule has 0 bridgehead atoms. The van der Waals surface area contributed by atoms with Gasteiger partial charge in [-0.05, 0) is 29.8 Å². The summed E-state index contributed by atoms with van der Waals surface area (Å²) in [5.74, 6) is 3.33. The SMILES string of the molecule is O=C1N(CC2COc3ccccc3O2)c2ccccc2C12COc1cc3c(cc12)OCO3. The molecule has 0 N–H and O–H groups in total. The minimum absolute atomic E-state index is 0.0289. The van der Waals surface area contributed by atoms with Gasteiger partial charge in [-0.2, -0.15) is 0 Å². The number of carbonyl (C=O) groups excluding carboxylic acids is 1. The molecule has 3 aromatic carbocycles. The highest BCUT2D eigenvalue weighted by molar-refractivity contribution is 6.11. The molecular formula is C25H19NO6. The van der Waals surface area contributed by atoms with Gasteiger partial charge in [0.1, 0.15) is 24.4 Å². The van der Waals surface area contributed by atoms with E-state index < -0.39 is 5.41 Å². The Bertz CT molecular complexity index is 1270. The van der Waals surface area contributed by atoms with Crippen LogP contribution in [0, 0.1) is 0 Å². The molecule has 3 aromatic rings. The summed E-state index contributed by atoms with van der Waals surface area (Å²) in [7, 11) is 0. The number of hydrogen-bond acceptors (Lipinski definition) is 6. The van der Waals surface area contributed by atoms with E-state index in [4.69, 9.17) is 23.7 Å². The summed E-state index contributed by atoms with van der Waals surface area (Å²) < 4.78 is 29.1. The second-order valence-electron chi connectivity index (χ2n) is 8.33. The van der Waals surface area contributed by atoms with Gasteiger partial charge >= 0.3 is 0 Å². The van der Waals surface area contributed by atoms with Gasteiger partial charge in [0.25, 0.3) is 0 Å². The number of nitrogens with zero attached hydrogens (tertiary/aromatic N) is 1. The molecule has 0 radical (unpaired) electrons. The van der Waals surface area contributed by atoms with Crippen LogP contribution in [0.2, 0.25) is 0 Å². The molecular weight excluding hydrogens is 410 g/mol. The number of hydrogen-bond donors (Lipinski definition) is 0. The largest absolute Gasteiger partial charge is 0.491 e. The maximum atomic E-state index is 14.0. The molecule has 4 aliphatic heterocycles. The quantitative estimate of drug-likeness (QED) is 0.623. The Morgan fingerprint density at radius 2 is 1.59 bits per heavy atom. The van der Waals surface area contributed by atoms with Gasteiger partial charge in [-0.25, -0.2) is 0 Å². The van der Waals surface area contributed by atoms with Crippen molar-refractivity contribution in [1.29, 1.82) is 0 Å². The van der Waals surface area contributed by atoms with Crippen molar-refractivity contribution < 1.29 is 28.5 Å². The topological polar surface area (TPSA) is 66.5 Å². The van der Waals surface area contributed by atoms with E-state index in [2.05, 4.69) is 0 Å². The maximum absolute atomic E-state index is 14.0. The zero-order chi connectivity index (χ0) is 21.3. The minimum atomic E-state index is -0.916. The lowest BCUT2D eigenvalue weighted by Gasteiger charge is -2.30. The van der Waals surface area contributed by atoms with Crippen LogP contribution >= 0.6 is 0 Å². The van der Waals surface area contributed by atoms with E-state index in [0.29, 0.717) is 36.1 Å². The number of para-hydroxylation sites is 3. The second-order valence-corrected chi connectivity index (χ2v) is 8.33. The highest BCUT2D eigenvalue weighted by Gasteiger charge is 2.57. The van der Waals surface area contributed by atoms with Gasteiger partial charge < -0.3 is 28.6 Å². The molecule has 2 unspecified atom stereocenters. The van der Waals surface area contributed by atoms with Crippen molar-refractivity contribution in [1.82, 2.24) is 0 Å². The number of anilines is 1. The summed E-state index contributed by atoms with van der Waals surface area (Å²) in [4.78, 5) is 15.9. The van der Waals surface area contributed by atoms with Crippen molar-refractivity contribution in [2.24, 2.45) is 0 Å². The monoisotopic (exact) mass is 429 g/mol. The van der Waals surface area contributed by atoms with Crippen LogP contribution in [-0.2, 0) is 10.2 Å². The summed E-state index contributed by atoms with van der Waals surface area (Å²) in [6.07, 6.45) is -0.282. The molecule has 1 spiro atoms. The average Bonchev–Trinajstić information content (AvgIpc) is 3.50. The molecule has 160 valence electrons. The van der Waals surface area contributed by atoms with Crippen molar-refractivity contribution in [3.63, 3.8) is 0 Å². The fraction of sp³-hybridized carbons (Fsp3) is 0.240. The highest BCUT2D eigenvalue weighted by Crippen LogP contribution is 2.55. The fourth-order valence-electron chi connectivity index (χ4n) is 5.10. The van der Waals surface area contributed by atoms with Crippen molar-refractivity contribution in [2.45, 2.75) is 11.5 Å². The van der Waals surface area contributed by atoms with Gasteiger partial charge in [-0.15, -0.1) is 0 Å². The van der Waals surface area contributed by atoms with E-state index in [-0.39, 0.29) is 25.4 Å². The third kappa shape index (κ3) is 2.28. The normalized spacial score (nSPS) is 23.8. The number of fused-ring (bicyclic) bond motifs is 6. The van der Waals surface area contributed by atoms with Gasteiger partial charge in [0, 0.05) is 17.3 Å². The highest BCUT2D eigenvalue weighted by atomic mass is 16.7. The Morgan fingerprint density at radius 1 is 0.812 bits per heavy atom. The van der Waals surface area contributed by atoms with Crippen LogP contribution < -0.4 is 28.6 Å². The van der Waals surface area contributed by atoms with Crippen LogP contribution in [0.15, 0.2) is 60.7 Å². The lowest BCUT2D eigenvalue weighted by molar-refractivity contribution is -0.122. The Labute approximate surface area is 184 Å². The van der Waals surface area contributed by atoms with Gasteiger partial charge in [0.05, 0.1) is 6.54 Å². The van der Waals surface area contributed by atoms with Crippen molar-refractivity contribution in [2.75, 3.05) is 31.5 Å². The standard InChI is InChI=1S/C25H19NO6/c27-24-25(13-29-21-10-23-22(9-17(21)25)30-14-31-23)16-5-1-2-6-18(16)26(24)11-15-12-28-19-7-3-4-8-20(19)32-15/h1-10,15H,11-14H2. The predicted octanol–water partition coefficient (Wildman–Crippen LogP) is 3.28. The summed E-state index contributed by atoms with van der Waals surface area (Å²) in [5.41, 5.74) is 1.70. The van der Waals surface area contributed by atoms with Gasteiger partial charge in [0.2, 0.25) is 12.7 Å². The van der Waals surface area contributed by atoms with E-state index in [1.54, 1.807) is 4.90 Å². The Morgan fingerprint density at radius 3 is 2.50 bits per heavy atom. The van der Waals surface area contributed by atoms with Gasteiger partial charge in [-0.1, -0.05) is 30.3 Å². The van der Waals surface area contributed by atoms with Gasteiger partial charge in [0.15, 0.2) is 29.1 Å². The lowest BCUT2D eigenvalue weighted by atomic mass is 9.77. The first-order chi connectivity index (χ1) is 15.7. The average molecular weight is 429 g/mol. The van der Waals surface area contributed by atoms with E-state index in [1.165, 1.54) is 0 Å². The lowest BCUT2D eigenvalue weighted by Crippen LogP contribution is -2.47. The zero-order valence-corrected chi connectivity index (χ0v) is 17.1. The van der Waals surface area contributed by atoms with E-state index in [9.17, 15) is 4.79 Å². The van der Waals surface area contributed by atoms with Gasteiger partial charge in [-0.3, -0.25) is 4.79 Å². The molecule has 0 aromatic heterocycles. The maximum Gasteiger partial charge on any atom is 0.245 e. The number of carbonyl (C=O) groups is 1. The summed E-state index contributed by atoms with van der Waals surface area (Å²) in [6.45, 7) is 1.17. The Hall–Kier alpha value is -3.87. The Balaban J connectivity index is 1.28. The van der Waals surface area contributed by atoms with E-state index in [1.807, 2.05) is 60.7 Å². The molecule has 7 nitrogen and oxygen atoms in total. The third-order valence-corrected chi connectivity index (χ3v) is 6.60. The van der Waals surface area contributed by atoms with Crippen LogP contribution in [-0.4, -0.2) is 38.6 Å². The van der Waals surface area contributed by atoms with Crippen LogP contribution in [0.5, 0.6) is 28.7 Å². The van der Waals surface area contributed by atoms with E-state index in [0.717, 1.165) is 22.6 Å². The molecule has 7 heteroatoms. The van der Waals surface area contributed by atoms with Crippen LogP contribution in [0.25, 0.3) is 0 Å². The number of benzene rings is 3. The first kappa shape index (κ1) is 17.8. The molecule has 4 aliphatic rings. The van der Waals surface area contributed by atoms with Crippen LogP contribution in [0.1, 0.15) is 11.1 Å². The molecule has 4 heterocycles. The van der Waals surface area contributed by atoms with E-state index >= 15 is 0 Å². The third-order valence-electron chi connectivity index (χ3n) is 6.60. The second kappa shape index (κ2) is 6.32. The molecule has 1 amide bonds. The predicted molar refractivity (Wildman–Crippen MR) is 114 cm³/mol. The smallest absolute Gasteiger partial charge is 0.245 e. The molecule has 0 fully saturated rings. The van der Waals surface area contributed by atoms with Crippen molar-refractivity contribution >= 4 is 11.6 Å². The first-order valence-corrected chi connectivity index (χ1v) is 10.6. The van der Waals surface area contributed by atoms with Crippen molar-refractivity contribution in [3.05, 3.63) is 71.8 Å². The summed E-state index contributed by atoms with van der Waals surface area (Å²) in [6, 6.07) is 19.2.